The largest absolute Gasteiger partial charge is 0.294 e. The Balaban J connectivity index is 1.64. The second-order valence-electron chi connectivity index (χ2n) is 8.56. The van der Waals surface area contributed by atoms with Crippen molar-refractivity contribution in [2.75, 3.05) is 0 Å². The minimum Gasteiger partial charge on any atom is -0.294 e. The van der Waals surface area contributed by atoms with Gasteiger partial charge in [-0.2, -0.15) is 0 Å². The highest BCUT2D eigenvalue weighted by molar-refractivity contribution is 6.06. The lowest BCUT2D eigenvalue weighted by Crippen LogP contribution is -2.36. The second-order valence-corrected chi connectivity index (χ2v) is 8.56. The Morgan fingerprint density at radius 3 is 2.56 bits per heavy atom. The number of carbonyl (C=O) groups is 1. The van der Waals surface area contributed by atoms with Crippen LogP contribution >= 0.6 is 0 Å². The van der Waals surface area contributed by atoms with Crippen LogP contribution in [0, 0.1) is 11.8 Å². The van der Waals surface area contributed by atoms with Crippen molar-refractivity contribution in [1.29, 1.82) is 0 Å². The molecule has 0 N–H and O–H groups in total. The SMILES string of the molecule is O=C1CCC2(CC3C=CC2C3)c2cc3c(-c4ccccc4)cccc3cc21. The molecule has 6 rings (SSSR count). The van der Waals surface area contributed by atoms with Crippen LogP contribution in [0.1, 0.15) is 41.6 Å². The Labute approximate surface area is 159 Å². The quantitative estimate of drug-likeness (QED) is 0.470. The van der Waals surface area contributed by atoms with Crippen molar-refractivity contribution in [1.82, 2.24) is 0 Å². The minimum atomic E-state index is 0.181. The van der Waals surface area contributed by atoms with E-state index >= 15 is 0 Å². The van der Waals surface area contributed by atoms with Gasteiger partial charge in [0.05, 0.1) is 0 Å². The molecule has 3 aliphatic rings. The van der Waals surface area contributed by atoms with Crippen molar-refractivity contribution in [3.8, 4) is 11.1 Å². The lowest BCUT2D eigenvalue weighted by molar-refractivity contribution is 0.0944. The van der Waals surface area contributed by atoms with E-state index in [1.165, 1.54) is 40.3 Å². The molecule has 1 saturated carbocycles. The number of carbonyl (C=O) groups excluding carboxylic acids is 1. The van der Waals surface area contributed by atoms with E-state index in [1.807, 2.05) is 0 Å². The standard InChI is InChI=1S/C26H22O/c27-25-11-12-26(16-17-9-10-20(26)13-17)24-15-22-19(14-23(24)25)7-4-8-21(22)18-5-2-1-3-6-18/h1-10,14-15,17,20H,11-13,16H2. The molecule has 0 saturated heterocycles. The van der Waals surface area contributed by atoms with Gasteiger partial charge in [0.25, 0.3) is 0 Å². The molecule has 1 spiro atoms. The molecule has 0 aromatic heterocycles. The average Bonchev–Trinajstić information content (AvgIpc) is 3.32. The van der Waals surface area contributed by atoms with Gasteiger partial charge in [-0.15, -0.1) is 0 Å². The van der Waals surface area contributed by atoms with E-state index in [4.69, 9.17) is 0 Å². The van der Waals surface area contributed by atoms with Crippen molar-refractivity contribution in [2.45, 2.75) is 31.1 Å². The highest BCUT2D eigenvalue weighted by Crippen LogP contribution is 2.58. The van der Waals surface area contributed by atoms with Gasteiger partial charge in [0.2, 0.25) is 0 Å². The Hall–Kier alpha value is -2.67. The van der Waals surface area contributed by atoms with Crippen LogP contribution in [0.2, 0.25) is 0 Å². The van der Waals surface area contributed by atoms with Gasteiger partial charge in [-0.05, 0) is 70.7 Å². The van der Waals surface area contributed by atoms with Crippen LogP contribution < -0.4 is 0 Å². The maximum Gasteiger partial charge on any atom is 0.163 e. The first kappa shape index (κ1) is 15.4. The topological polar surface area (TPSA) is 17.1 Å². The van der Waals surface area contributed by atoms with E-state index in [0.717, 1.165) is 12.0 Å². The monoisotopic (exact) mass is 350 g/mol. The number of benzene rings is 3. The first-order chi connectivity index (χ1) is 13.2. The van der Waals surface area contributed by atoms with E-state index in [0.29, 0.717) is 24.0 Å². The summed E-state index contributed by atoms with van der Waals surface area (Å²) in [6.07, 6.45) is 9.04. The zero-order valence-electron chi connectivity index (χ0n) is 15.3. The molecule has 0 aliphatic heterocycles. The van der Waals surface area contributed by atoms with Crippen molar-refractivity contribution >= 4 is 16.6 Å². The number of fused-ring (bicyclic) bond motifs is 6. The lowest BCUT2D eigenvalue weighted by Gasteiger charge is -2.41. The van der Waals surface area contributed by atoms with Crippen LogP contribution in [-0.2, 0) is 5.41 Å². The summed E-state index contributed by atoms with van der Waals surface area (Å²) in [5.41, 5.74) is 5.00. The average molecular weight is 350 g/mol. The maximum atomic E-state index is 12.8. The molecular formula is C26H22O. The van der Waals surface area contributed by atoms with Crippen LogP contribution in [-0.4, -0.2) is 5.78 Å². The summed E-state index contributed by atoms with van der Waals surface area (Å²) < 4.78 is 0. The predicted octanol–water partition coefficient (Wildman–Crippen LogP) is 6.32. The number of Topliss-reactive ketones (excluding diaryl/α,β-unsaturated/α-hetero) is 1. The minimum absolute atomic E-state index is 0.181. The highest BCUT2D eigenvalue weighted by atomic mass is 16.1. The fraction of sp³-hybridized carbons (Fsp3) is 0.269. The molecular weight excluding hydrogens is 328 g/mol. The van der Waals surface area contributed by atoms with Crippen molar-refractivity contribution in [3.63, 3.8) is 0 Å². The molecule has 132 valence electrons. The summed E-state index contributed by atoms with van der Waals surface area (Å²) >= 11 is 0. The van der Waals surface area contributed by atoms with Crippen molar-refractivity contribution in [2.24, 2.45) is 11.8 Å². The number of allylic oxidation sites excluding steroid dienone is 2. The van der Waals surface area contributed by atoms with Crippen LogP contribution in [0.5, 0.6) is 0 Å². The van der Waals surface area contributed by atoms with Crippen LogP contribution in [0.4, 0.5) is 0 Å². The molecule has 27 heavy (non-hydrogen) atoms. The molecule has 1 nitrogen and oxygen atoms in total. The first-order valence-corrected chi connectivity index (χ1v) is 10.1. The van der Waals surface area contributed by atoms with Gasteiger partial charge in [-0.1, -0.05) is 60.7 Å². The van der Waals surface area contributed by atoms with Crippen LogP contribution in [0.25, 0.3) is 21.9 Å². The molecule has 0 heterocycles. The second kappa shape index (κ2) is 5.42. The number of rotatable bonds is 1. The highest BCUT2D eigenvalue weighted by Gasteiger charge is 2.52. The molecule has 3 aliphatic carbocycles. The molecule has 0 amide bonds. The Morgan fingerprint density at radius 1 is 0.889 bits per heavy atom. The fourth-order valence-electron chi connectivity index (χ4n) is 6.00. The fourth-order valence-corrected chi connectivity index (χ4v) is 6.00. The van der Waals surface area contributed by atoms with Gasteiger partial charge < -0.3 is 0 Å². The zero-order chi connectivity index (χ0) is 18.0. The van der Waals surface area contributed by atoms with Crippen LogP contribution in [0.3, 0.4) is 0 Å². The summed E-state index contributed by atoms with van der Waals surface area (Å²) in [7, 11) is 0. The predicted molar refractivity (Wildman–Crippen MR) is 110 cm³/mol. The summed E-state index contributed by atoms with van der Waals surface area (Å²) in [4.78, 5) is 12.8. The lowest BCUT2D eigenvalue weighted by atomic mass is 9.62. The molecule has 3 atom stereocenters. The molecule has 3 aromatic rings. The molecule has 3 aromatic carbocycles. The van der Waals surface area contributed by atoms with E-state index in [1.54, 1.807) is 0 Å². The normalized spacial score (nSPS) is 28.2. The molecule has 1 fully saturated rings. The zero-order valence-corrected chi connectivity index (χ0v) is 15.3. The Morgan fingerprint density at radius 2 is 1.78 bits per heavy atom. The smallest absolute Gasteiger partial charge is 0.163 e. The third-order valence-corrected chi connectivity index (χ3v) is 7.25. The van der Waals surface area contributed by atoms with E-state index < -0.39 is 0 Å². The summed E-state index contributed by atoms with van der Waals surface area (Å²) in [6.45, 7) is 0. The number of hydrogen-bond acceptors (Lipinski definition) is 1. The van der Waals surface area contributed by atoms with Gasteiger partial charge in [-0.3, -0.25) is 4.79 Å². The number of hydrogen-bond donors (Lipinski definition) is 0. The van der Waals surface area contributed by atoms with E-state index in [9.17, 15) is 4.79 Å². The van der Waals surface area contributed by atoms with Gasteiger partial charge >= 0.3 is 0 Å². The van der Waals surface area contributed by atoms with Crippen LogP contribution in [0.15, 0.2) is 72.8 Å². The van der Waals surface area contributed by atoms with Crippen molar-refractivity contribution < 1.29 is 4.79 Å². The van der Waals surface area contributed by atoms with Gasteiger partial charge in [0, 0.05) is 17.4 Å². The van der Waals surface area contributed by atoms with E-state index in [2.05, 4.69) is 72.8 Å². The third kappa shape index (κ3) is 2.09. The Kier molecular flexibility index (Phi) is 3.09. The number of ketones is 1. The third-order valence-electron chi connectivity index (χ3n) is 7.25. The first-order valence-electron chi connectivity index (χ1n) is 10.1. The molecule has 1 heteroatoms. The van der Waals surface area contributed by atoms with Crippen molar-refractivity contribution in [3.05, 3.63) is 83.9 Å². The summed E-state index contributed by atoms with van der Waals surface area (Å²) in [5.74, 6) is 1.64. The Bertz CT molecular complexity index is 1110. The molecule has 2 bridgehead atoms. The van der Waals surface area contributed by atoms with E-state index in [-0.39, 0.29) is 5.41 Å². The summed E-state index contributed by atoms with van der Waals surface area (Å²) in [6, 6.07) is 21.6. The maximum absolute atomic E-state index is 12.8. The molecule has 3 unspecified atom stereocenters. The van der Waals surface area contributed by atoms with Gasteiger partial charge in [-0.25, -0.2) is 0 Å². The summed E-state index contributed by atoms with van der Waals surface area (Å²) in [5, 5.41) is 2.46. The van der Waals surface area contributed by atoms with Gasteiger partial charge in [0.15, 0.2) is 5.78 Å². The van der Waals surface area contributed by atoms with Gasteiger partial charge in [0.1, 0.15) is 0 Å². The molecule has 0 radical (unpaired) electrons.